The number of hydrogen-bond acceptors (Lipinski definition) is 3. The van der Waals surface area contributed by atoms with Gasteiger partial charge in [-0.05, 0) is 12.8 Å². The minimum absolute atomic E-state index is 0.0596. The highest BCUT2D eigenvalue weighted by Crippen LogP contribution is 2.14. The molecule has 2 rings (SSSR count). The first-order valence-corrected chi connectivity index (χ1v) is 3.82. The molecule has 0 saturated carbocycles. The number of likely N-dealkylation sites (tertiary alicyclic amines) is 1. The average Bonchev–Trinajstić information content (AvgIpc) is 2.71. The molecule has 0 aromatic carbocycles. The molecule has 1 saturated heterocycles. The number of amidine groups is 1. The van der Waals surface area contributed by atoms with Crippen molar-refractivity contribution < 1.29 is 5.11 Å². The number of rotatable bonds is 0. The fourth-order valence-corrected chi connectivity index (χ4v) is 1.36. The maximum absolute atomic E-state index is 9.16. The van der Waals surface area contributed by atoms with Crippen molar-refractivity contribution in [2.45, 2.75) is 18.9 Å². The van der Waals surface area contributed by atoms with Gasteiger partial charge in [0.15, 0.2) is 0 Å². The Labute approximate surface area is 60.4 Å². The zero-order chi connectivity index (χ0) is 6.97. The van der Waals surface area contributed by atoms with Crippen molar-refractivity contribution in [1.29, 1.82) is 0 Å². The molecule has 0 spiro atoms. The van der Waals surface area contributed by atoms with Crippen molar-refractivity contribution >= 4 is 5.84 Å². The van der Waals surface area contributed by atoms with Gasteiger partial charge in [0.05, 0.1) is 12.6 Å². The lowest BCUT2D eigenvalue weighted by Gasteiger charge is -2.27. The molecular weight excluding hydrogens is 128 g/mol. The molecule has 0 aromatic heterocycles. The molecule has 10 heavy (non-hydrogen) atoms. The molecule has 0 aliphatic carbocycles. The van der Waals surface area contributed by atoms with Gasteiger partial charge in [0, 0.05) is 13.1 Å². The Bertz CT molecular complexity index is 159. The van der Waals surface area contributed by atoms with Gasteiger partial charge < -0.3 is 10.0 Å². The first-order valence-electron chi connectivity index (χ1n) is 3.82. The van der Waals surface area contributed by atoms with Gasteiger partial charge in [0.2, 0.25) is 0 Å². The van der Waals surface area contributed by atoms with Crippen LogP contribution in [0.15, 0.2) is 4.99 Å². The van der Waals surface area contributed by atoms with E-state index in [1.807, 2.05) is 0 Å². The van der Waals surface area contributed by atoms with Crippen LogP contribution in [-0.4, -0.2) is 41.6 Å². The van der Waals surface area contributed by atoms with Crippen LogP contribution in [0.1, 0.15) is 12.8 Å². The van der Waals surface area contributed by atoms with Crippen molar-refractivity contribution in [3.8, 4) is 0 Å². The molecule has 0 bridgehead atoms. The summed E-state index contributed by atoms with van der Waals surface area (Å²) < 4.78 is 0. The quantitative estimate of drug-likeness (QED) is 0.508. The van der Waals surface area contributed by atoms with E-state index in [2.05, 4.69) is 9.89 Å². The van der Waals surface area contributed by atoms with Gasteiger partial charge in [0.25, 0.3) is 0 Å². The van der Waals surface area contributed by atoms with Crippen LogP contribution in [0.2, 0.25) is 0 Å². The molecule has 2 aliphatic rings. The minimum atomic E-state index is -0.0596. The smallest absolute Gasteiger partial charge is 0.121 e. The fourth-order valence-electron chi connectivity index (χ4n) is 1.36. The topological polar surface area (TPSA) is 35.8 Å². The Morgan fingerprint density at radius 1 is 1.40 bits per heavy atom. The summed E-state index contributed by atoms with van der Waals surface area (Å²) in [6.07, 6.45) is 1.77. The number of piperidine rings is 1. The molecule has 2 heterocycles. The number of aliphatic hydroxyl groups excluding tert-OH is 1. The Morgan fingerprint density at radius 2 is 2.00 bits per heavy atom. The second kappa shape index (κ2) is 2.23. The molecule has 0 amide bonds. The van der Waals surface area contributed by atoms with Crippen molar-refractivity contribution in [2.24, 2.45) is 4.99 Å². The summed E-state index contributed by atoms with van der Waals surface area (Å²) in [4.78, 5) is 6.38. The predicted octanol–water partition coefficient (Wildman–Crippen LogP) is -0.145. The maximum atomic E-state index is 9.16. The van der Waals surface area contributed by atoms with E-state index in [9.17, 15) is 0 Å². The molecule has 1 fully saturated rings. The van der Waals surface area contributed by atoms with E-state index >= 15 is 0 Å². The second-order valence-corrected chi connectivity index (χ2v) is 2.95. The number of nitrogens with zero attached hydrogens (tertiary/aromatic N) is 2. The molecule has 0 aromatic rings. The van der Waals surface area contributed by atoms with E-state index in [0.29, 0.717) is 0 Å². The Kier molecular flexibility index (Phi) is 1.38. The molecule has 0 atom stereocenters. The van der Waals surface area contributed by atoms with Crippen molar-refractivity contribution in [1.82, 2.24) is 4.90 Å². The standard InChI is InChI=1S/C7H12N2O/c10-6-1-3-9(4-2-6)7-5-8-7/h6,10H,1-5H2. The van der Waals surface area contributed by atoms with E-state index < -0.39 is 0 Å². The van der Waals surface area contributed by atoms with Crippen LogP contribution >= 0.6 is 0 Å². The predicted molar refractivity (Wildman–Crippen MR) is 39.1 cm³/mol. The Hall–Kier alpha value is -0.570. The van der Waals surface area contributed by atoms with E-state index in [1.165, 1.54) is 5.84 Å². The summed E-state index contributed by atoms with van der Waals surface area (Å²) >= 11 is 0. The minimum Gasteiger partial charge on any atom is -0.393 e. The van der Waals surface area contributed by atoms with Gasteiger partial charge in [-0.2, -0.15) is 0 Å². The van der Waals surface area contributed by atoms with Crippen LogP contribution < -0.4 is 0 Å². The highest BCUT2D eigenvalue weighted by Gasteiger charge is 2.23. The summed E-state index contributed by atoms with van der Waals surface area (Å²) in [6.45, 7) is 2.94. The SMILES string of the molecule is OC1CCN(C2=NC2)CC1. The monoisotopic (exact) mass is 140 g/mol. The Morgan fingerprint density at radius 3 is 2.50 bits per heavy atom. The van der Waals surface area contributed by atoms with Crippen LogP contribution in [0.3, 0.4) is 0 Å². The van der Waals surface area contributed by atoms with E-state index in [-0.39, 0.29) is 6.10 Å². The van der Waals surface area contributed by atoms with Gasteiger partial charge in [0.1, 0.15) is 5.84 Å². The second-order valence-electron chi connectivity index (χ2n) is 2.95. The summed E-state index contributed by atoms with van der Waals surface area (Å²) in [7, 11) is 0. The summed E-state index contributed by atoms with van der Waals surface area (Å²) in [5, 5.41) is 9.16. The van der Waals surface area contributed by atoms with E-state index in [1.54, 1.807) is 0 Å². The van der Waals surface area contributed by atoms with Crippen LogP contribution in [-0.2, 0) is 0 Å². The van der Waals surface area contributed by atoms with Crippen molar-refractivity contribution in [3.05, 3.63) is 0 Å². The summed E-state index contributed by atoms with van der Waals surface area (Å²) in [5.74, 6) is 1.24. The van der Waals surface area contributed by atoms with Crippen LogP contribution in [0.25, 0.3) is 0 Å². The number of aliphatic imine (C=N–C) groups is 1. The van der Waals surface area contributed by atoms with Gasteiger partial charge in [-0.25, -0.2) is 0 Å². The van der Waals surface area contributed by atoms with Crippen molar-refractivity contribution in [3.63, 3.8) is 0 Å². The molecule has 3 heteroatoms. The molecule has 56 valence electrons. The largest absolute Gasteiger partial charge is 0.393 e. The molecule has 3 nitrogen and oxygen atoms in total. The third kappa shape index (κ3) is 1.14. The van der Waals surface area contributed by atoms with E-state index in [4.69, 9.17) is 5.11 Å². The molecule has 0 unspecified atom stereocenters. The zero-order valence-electron chi connectivity index (χ0n) is 5.95. The van der Waals surface area contributed by atoms with Gasteiger partial charge in [-0.15, -0.1) is 0 Å². The third-order valence-electron chi connectivity index (χ3n) is 2.13. The Balaban J connectivity index is 1.85. The van der Waals surface area contributed by atoms with Gasteiger partial charge >= 0.3 is 0 Å². The lowest BCUT2D eigenvalue weighted by Crippen LogP contribution is -2.37. The molecular formula is C7H12N2O. The maximum Gasteiger partial charge on any atom is 0.121 e. The number of hydrogen-bond donors (Lipinski definition) is 1. The highest BCUT2D eigenvalue weighted by molar-refractivity contribution is 5.94. The van der Waals surface area contributed by atoms with Crippen LogP contribution in [0.4, 0.5) is 0 Å². The normalized spacial score (nSPS) is 26.5. The molecule has 2 aliphatic heterocycles. The lowest BCUT2D eigenvalue weighted by atomic mass is 10.1. The van der Waals surface area contributed by atoms with Crippen molar-refractivity contribution in [2.75, 3.05) is 19.6 Å². The molecule has 1 N–H and O–H groups in total. The first-order chi connectivity index (χ1) is 4.86. The molecule has 0 radical (unpaired) electrons. The zero-order valence-corrected chi connectivity index (χ0v) is 5.95. The number of aliphatic hydroxyl groups is 1. The van der Waals surface area contributed by atoms with Crippen LogP contribution in [0, 0.1) is 0 Å². The summed E-state index contributed by atoms with van der Waals surface area (Å²) in [5.41, 5.74) is 0. The van der Waals surface area contributed by atoms with Gasteiger partial charge in [-0.1, -0.05) is 0 Å². The van der Waals surface area contributed by atoms with E-state index in [0.717, 1.165) is 32.5 Å². The third-order valence-corrected chi connectivity index (χ3v) is 2.13. The average molecular weight is 140 g/mol. The van der Waals surface area contributed by atoms with Crippen LogP contribution in [0.5, 0.6) is 0 Å². The highest BCUT2D eigenvalue weighted by atomic mass is 16.3. The first kappa shape index (κ1) is 6.16. The summed E-state index contributed by atoms with van der Waals surface area (Å²) in [6, 6.07) is 0. The van der Waals surface area contributed by atoms with Gasteiger partial charge in [-0.3, -0.25) is 4.99 Å². The lowest BCUT2D eigenvalue weighted by molar-refractivity contribution is 0.110. The fraction of sp³-hybridized carbons (Fsp3) is 0.857.